The van der Waals surface area contributed by atoms with Crippen LogP contribution in [0.1, 0.15) is 29.7 Å². The first-order chi connectivity index (χ1) is 13.8. The van der Waals surface area contributed by atoms with Gasteiger partial charge in [0.25, 0.3) is 0 Å². The molecule has 28 heavy (non-hydrogen) atoms. The summed E-state index contributed by atoms with van der Waals surface area (Å²) < 4.78 is 5.28. The first-order valence-electron chi connectivity index (χ1n) is 10.2. The summed E-state index contributed by atoms with van der Waals surface area (Å²) in [6.45, 7) is 3.99. The molecule has 6 heteroatoms. The normalized spacial score (nSPS) is 17.5. The number of nitrogens with zero attached hydrogens (tertiary/aromatic N) is 4. The summed E-state index contributed by atoms with van der Waals surface area (Å²) >= 11 is 1.89. The third kappa shape index (κ3) is 3.20. The Morgan fingerprint density at radius 3 is 2.43 bits per heavy atom. The van der Waals surface area contributed by atoms with Gasteiger partial charge in [0.2, 0.25) is 0 Å². The minimum atomic E-state index is 0.906. The lowest BCUT2D eigenvalue weighted by Crippen LogP contribution is -2.46. The van der Waals surface area contributed by atoms with Crippen molar-refractivity contribution in [3.8, 4) is 5.75 Å². The largest absolute Gasteiger partial charge is 0.497 e. The number of thiophene rings is 1. The van der Waals surface area contributed by atoms with E-state index in [1.165, 1.54) is 53.6 Å². The fourth-order valence-electron chi connectivity index (χ4n) is 4.46. The van der Waals surface area contributed by atoms with Crippen LogP contribution in [0.25, 0.3) is 10.2 Å². The van der Waals surface area contributed by atoms with E-state index >= 15 is 0 Å². The third-order valence-electron chi connectivity index (χ3n) is 6.00. The maximum absolute atomic E-state index is 5.28. The number of piperazine rings is 1. The minimum absolute atomic E-state index is 0.906. The quantitative estimate of drug-likeness (QED) is 0.620. The number of ether oxygens (including phenoxy) is 1. The van der Waals surface area contributed by atoms with Gasteiger partial charge in [-0.15, -0.1) is 11.3 Å². The third-order valence-corrected chi connectivity index (χ3v) is 7.20. The average Bonchev–Trinajstić information content (AvgIpc) is 2.95. The molecule has 0 unspecified atom stereocenters. The summed E-state index contributed by atoms with van der Waals surface area (Å²) in [5.41, 5.74) is 2.79. The Kier molecular flexibility index (Phi) is 4.81. The highest BCUT2D eigenvalue weighted by Gasteiger charge is 2.24. The highest BCUT2D eigenvalue weighted by molar-refractivity contribution is 7.18. The molecule has 1 aliphatic carbocycles. The van der Waals surface area contributed by atoms with Crippen molar-refractivity contribution in [3.05, 3.63) is 41.0 Å². The Balaban J connectivity index is 1.39. The lowest BCUT2D eigenvalue weighted by Gasteiger charge is -2.37. The number of methoxy groups -OCH3 is 1. The Labute approximate surface area is 170 Å². The first kappa shape index (κ1) is 17.7. The summed E-state index contributed by atoms with van der Waals surface area (Å²) in [4.78, 5) is 17.0. The fraction of sp³-hybridized carbons (Fsp3) is 0.455. The topological polar surface area (TPSA) is 41.5 Å². The molecule has 146 valence electrons. The van der Waals surface area contributed by atoms with Crippen molar-refractivity contribution in [2.24, 2.45) is 0 Å². The van der Waals surface area contributed by atoms with Crippen molar-refractivity contribution in [1.82, 2.24) is 9.97 Å². The highest BCUT2D eigenvalue weighted by atomic mass is 32.1. The molecule has 0 amide bonds. The smallest absolute Gasteiger partial charge is 0.141 e. The number of hydrogen-bond acceptors (Lipinski definition) is 6. The van der Waals surface area contributed by atoms with Crippen LogP contribution in [0.5, 0.6) is 5.75 Å². The van der Waals surface area contributed by atoms with E-state index in [1.54, 1.807) is 18.3 Å². The molecular formula is C22H26N4OS. The van der Waals surface area contributed by atoms with Crippen molar-refractivity contribution in [3.63, 3.8) is 0 Å². The van der Waals surface area contributed by atoms with E-state index < -0.39 is 0 Å². The van der Waals surface area contributed by atoms with Crippen molar-refractivity contribution in [1.29, 1.82) is 0 Å². The predicted octanol–water partition coefficient (Wildman–Crippen LogP) is 4.30. The van der Waals surface area contributed by atoms with Gasteiger partial charge in [0, 0.05) is 36.7 Å². The fourth-order valence-corrected chi connectivity index (χ4v) is 5.68. The second kappa shape index (κ2) is 7.59. The average molecular weight is 395 g/mol. The maximum Gasteiger partial charge on any atom is 0.141 e. The number of hydrogen-bond donors (Lipinski definition) is 0. The van der Waals surface area contributed by atoms with Gasteiger partial charge in [-0.2, -0.15) is 0 Å². The maximum atomic E-state index is 5.28. The molecule has 0 spiro atoms. The van der Waals surface area contributed by atoms with Crippen LogP contribution in [-0.4, -0.2) is 43.3 Å². The van der Waals surface area contributed by atoms with Gasteiger partial charge in [-0.1, -0.05) is 6.42 Å². The molecule has 0 bridgehead atoms. The number of aromatic nitrogens is 2. The lowest BCUT2D eigenvalue weighted by atomic mass is 10.1. The molecule has 2 aliphatic rings. The van der Waals surface area contributed by atoms with Crippen LogP contribution in [0.3, 0.4) is 0 Å². The van der Waals surface area contributed by atoms with Crippen molar-refractivity contribution >= 4 is 33.1 Å². The summed E-state index contributed by atoms with van der Waals surface area (Å²) in [7, 11) is 1.71. The molecule has 5 nitrogen and oxygen atoms in total. The Hall–Kier alpha value is -2.34. The molecule has 3 aromatic rings. The zero-order chi connectivity index (χ0) is 18.9. The van der Waals surface area contributed by atoms with Crippen molar-refractivity contribution in [2.75, 3.05) is 43.1 Å². The van der Waals surface area contributed by atoms with Gasteiger partial charge in [-0.05, 0) is 55.5 Å². The predicted molar refractivity (Wildman–Crippen MR) is 116 cm³/mol. The first-order valence-corrected chi connectivity index (χ1v) is 11.0. The SMILES string of the molecule is COc1ccc(N2CCN(c3ncnc4sc5c(c34)CCCCC5)CC2)cc1. The number of rotatable bonds is 3. The number of aryl methyl sites for hydroxylation is 2. The summed E-state index contributed by atoms with van der Waals surface area (Å²) in [6, 6.07) is 8.37. The summed E-state index contributed by atoms with van der Waals surface area (Å²) in [5.74, 6) is 2.06. The monoisotopic (exact) mass is 394 g/mol. The van der Waals surface area contributed by atoms with E-state index in [0.717, 1.165) is 37.7 Å². The van der Waals surface area contributed by atoms with Crippen molar-refractivity contribution < 1.29 is 4.74 Å². The van der Waals surface area contributed by atoms with Crippen LogP contribution < -0.4 is 14.5 Å². The van der Waals surface area contributed by atoms with E-state index in [0.29, 0.717) is 0 Å². The zero-order valence-corrected chi connectivity index (χ0v) is 17.2. The van der Waals surface area contributed by atoms with Crippen LogP contribution >= 0.6 is 11.3 Å². The van der Waals surface area contributed by atoms with Gasteiger partial charge in [0.15, 0.2) is 0 Å². The number of fused-ring (bicyclic) bond motifs is 3. The zero-order valence-electron chi connectivity index (χ0n) is 16.4. The van der Waals surface area contributed by atoms with Crippen LogP contribution in [0.4, 0.5) is 11.5 Å². The molecule has 3 heterocycles. The highest BCUT2D eigenvalue weighted by Crippen LogP contribution is 2.39. The van der Waals surface area contributed by atoms with E-state index in [1.807, 2.05) is 23.5 Å². The van der Waals surface area contributed by atoms with E-state index in [-0.39, 0.29) is 0 Å². The van der Waals surface area contributed by atoms with Gasteiger partial charge < -0.3 is 14.5 Å². The molecule has 0 N–H and O–H groups in total. The molecule has 0 radical (unpaired) electrons. The van der Waals surface area contributed by atoms with E-state index in [9.17, 15) is 0 Å². The number of benzene rings is 1. The molecule has 1 aliphatic heterocycles. The lowest BCUT2D eigenvalue weighted by molar-refractivity contribution is 0.415. The molecular weight excluding hydrogens is 368 g/mol. The van der Waals surface area contributed by atoms with Gasteiger partial charge in [-0.3, -0.25) is 0 Å². The Morgan fingerprint density at radius 1 is 0.893 bits per heavy atom. The van der Waals surface area contributed by atoms with Crippen LogP contribution in [0.15, 0.2) is 30.6 Å². The van der Waals surface area contributed by atoms with E-state index in [4.69, 9.17) is 9.72 Å². The molecule has 1 aromatic carbocycles. The molecule has 0 atom stereocenters. The van der Waals surface area contributed by atoms with Gasteiger partial charge in [0.05, 0.1) is 12.5 Å². The van der Waals surface area contributed by atoms with Crippen LogP contribution in [-0.2, 0) is 12.8 Å². The molecule has 2 aromatic heterocycles. The Morgan fingerprint density at radius 2 is 1.64 bits per heavy atom. The second-order valence-electron chi connectivity index (χ2n) is 7.61. The molecule has 1 saturated heterocycles. The standard InChI is InChI=1S/C22H26N4OS/c1-27-17-9-7-16(8-10-17)25-11-13-26(14-12-25)21-20-18-5-3-2-4-6-19(18)28-22(20)24-15-23-21/h7-10,15H,2-6,11-14H2,1H3. The number of anilines is 2. The van der Waals surface area contributed by atoms with Crippen molar-refractivity contribution in [2.45, 2.75) is 32.1 Å². The molecule has 5 rings (SSSR count). The van der Waals surface area contributed by atoms with Gasteiger partial charge >= 0.3 is 0 Å². The van der Waals surface area contributed by atoms with E-state index in [2.05, 4.69) is 26.9 Å². The summed E-state index contributed by atoms with van der Waals surface area (Å²) in [6.07, 6.45) is 8.08. The van der Waals surface area contributed by atoms with Crippen LogP contribution in [0, 0.1) is 0 Å². The van der Waals surface area contributed by atoms with Gasteiger partial charge in [-0.25, -0.2) is 9.97 Å². The second-order valence-corrected chi connectivity index (χ2v) is 8.70. The van der Waals surface area contributed by atoms with Gasteiger partial charge in [0.1, 0.15) is 22.7 Å². The summed E-state index contributed by atoms with van der Waals surface area (Å²) in [5, 5.41) is 1.34. The Bertz CT molecular complexity index is 961. The molecule has 0 saturated carbocycles. The molecule has 1 fully saturated rings. The van der Waals surface area contributed by atoms with Crippen LogP contribution in [0.2, 0.25) is 0 Å². The minimum Gasteiger partial charge on any atom is -0.497 e.